The first-order valence-electron chi connectivity index (χ1n) is 7.65. The van der Waals surface area contributed by atoms with Gasteiger partial charge in [-0.15, -0.1) is 0 Å². The van der Waals surface area contributed by atoms with Crippen LogP contribution in [0.3, 0.4) is 0 Å². The molecule has 0 saturated heterocycles. The molecule has 0 aliphatic carbocycles. The molecule has 0 saturated carbocycles. The van der Waals surface area contributed by atoms with Crippen LogP contribution in [0.2, 0.25) is 5.15 Å². The van der Waals surface area contributed by atoms with Crippen LogP contribution in [0, 0.1) is 5.82 Å². The van der Waals surface area contributed by atoms with Crippen molar-refractivity contribution in [3.8, 4) is 11.3 Å². The number of H-pyrrole nitrogens is 1. The Hall–Kier alpha value is -1.92. The molecule has 0 unspecified atom stereocenters. The van der Waals surface area contributed by atoms with Crippen LogP contribution in [0.1, 0.15) is 44.0 Å². The first-order valence-corrected chi connectivity index (χ1v) is 8.03. The van der Waals surface area contributed by atoms with Crippen molar-refractivity contribution in [2.45, 2.75) is 38.1 Å². The van der Waals surface area contributed by atoms with Crippen molar-refractivity contribution in [1.29, 1.82) is 0 Å². The topological polar surface area (TPSA) is 83.8 Å². The van der Waals surface area contributed by atoms with Gasteiger partial charge in [-0.05, 0) is 31.0 Å². The number of imidazole rings is 1. The highest BCUT2D eigenvalue weighted by molar-refractivity contribution is 6.32. The molecule has 2 bridgehead atoms. The van der Waals surface area contributed by atoms with Gasteiger partial charge >= 0.3 is 0 Å². The van der Waals surface area contributed by atoms with Gasteiger partial charge in [0.2, 0.25) is 5.91 Å². The Kier molecular flexibility index (Phi) is 4.63. The number of halogens is 2. The lowest BCUT2D eigenvalue weighted by atomic mass is 10.1. The van der Waals surface area contributed by atoms with Crippen molar-refractivity contribution >= 4 is 23.2 Å². The Morgan fingerprint density at radius 1 is 1.30 bits per heavy atom. The van der Waals surface area contributed by atoms with Gasteiger partial charge in [-0.3, -0.25) is 4.79 Å². The number of aromatic nitrogens is 2. The van der Waals surface area contributed by atoms with Crippen LogP contribution < -0.4 is 11.1 Å². The SMILES string of the molecule is N[C@H]1CCCCCC(=O)Nc2cc(F)ccc2-c2nc1[nH]c2Cl. The van der Waals surface area contributed by atoms with E-state index in [0.717, 1.165) is 25.7 Å². The molecule has 3 rings (SSSR count). The first kappa shape index (κ1) is 16.0. The summed E-state index contributed by atoms with van der Waals surface area (Å²) >= 11 is 6.24. The van der Waals surface area contributed by atoms with Crippen molar-refractivity contribution in [3.63, 3.8) is 0 Å². The van der Waals surface area contributed by atoms with Crippen molar-refractivity contribution in [3.05, 3.63) is 35.0 Å². The van der Waals surface area contributed by atoms with Gasteiger partial charge < -0.3 is 16.0 Å². The van der Waals surface area contributed by atoms with E-state index >= 15 is 0 Å². The lowest BCUT2D eigenvalue weighted by Crippen LogP contribution is -2.12. The molecule has 0 spiro atoms. The van der Waals surface area contributed by atoms with Crippen LogP contribution >= 0.6 is 11.6 Å². The number of aromatic amines is 1. The van der Waals surface area contributed by atoms with Crippen molar-refractivity contribution < 1.29 is 9.18 Å². The smallest absolute Gasteiger partial charge is 0.224 e. The number of carbonyl (C=O) groups is 1. The van der Waals surface area contributed by atoms with Crippen LogP contribution in [-0.4, -0.2) is 15.9 Å². The number of benzene rings is 1. The maximum absolute atomic E-state index is 13.6. The number of nitrogens with one attached hydrogen (secondary N) is 2. The molecule has 0 fully saturated rings. The Balaban J connectivity index is 2.08. The molecule has 23 heavy (non-hydrogen) atoms. The molecule has 2 heterocycles. The average Bonchev–Trinajstić information content (AvgIpc) is 2.88. The fraction of sp³-hybridized carbons (Fsp3) is 0.375. The number of fused-ring (bicyclic) bond motifs is 4. The number of nitrogens with zero attached hydrogens (tertiary/aromatic N) is 1. The molecule has 0 radical (unpaired) electrons. The third-order valence-electron chi connectivity index (χ3n) is 3.96. The Morgan fingerprint density at radius 3 is 2.96 bits per heavy atom. The third kappa shape index (κ3) is 3.54. The van der Waals surface area contributed by atoms with E-state index in [0.29, 0.717) is 34.3 Å². The molecule has 1 aromatic heterocycles. The van der Waals surface area contributed by atoms with Crippen molar-refractivity contribution in [1.82, 2.24) is 9.97 Å². The summed E-state index contributed by atoms with van der Waals surface area (Å²) in [5.74, 6) is 0.0232. The Labute approximate surface area is 138 Å². The van der Waals surface area contributed by atoms with E-state index in [1.54, 1.807) is 6.07 Å². The van der Waals surface area contributed by atoms with E-state index in [-0.39, 0.29) is 11.9 Å². The summed E-state index contributed by atoms with van der Waals surface area (Å²) in [6.45, 7) is 0. The highest BCUT2D eigenvalue weighted by Crippen LogP contribution is 2.34. The molecule has 1 aliphatic rings. The van der Waals surface area contributed by atoms with Crippen molar-refractivity contribution in [2.24, 2.45) is 5.73 Å². The van der Waals surface area contributed by atoms with Gasteiger partial charge in [0, 0.05) is 12.0 Å². The zero-order chi connectivity index (χ0) is 16.4. The second-order valence-corrected chi connectivity index (χ2v) is 6.11. The predicted molar refractivity (Wildman–Crippen MR) is 87.6 cm³/mol. The number of hydrogen-bond acceptors (Lipinski definition) is 3. The molecule has 7 heteroatoms. The second-order valence-electron chi connectivity index (χ2n) is 5.73. The number of nitrogens with two attached hydrogens (primary N) is 1. The van der Waals surface area contributed by atoms with E-state index in [4.69, 9.17) is 17.3 Å². The maximum Gasteiger partial charge on any atom is 0.224 e. The maximum atomic E-state index is 13.6. The van der Waals surface area contributed by atoms with Crippen LogP contribution in [0.5, 0.6) is 0 Å². The molecular formula is C16H18ClFN4O. The summed E-state index contributed by atoms with van der Waals surface area (Å²) in [4.78, 5) is 19.5. The molecule has 1 aliphatic heterocycles. The average molecular weight is 337 g/mol. The summed E-state index contributed by atoms with van der Waals surface area (Å²) in [5.41, 5.74) is 7.54. The summed E-state index contributed by atoms with van der Waals surface area (Å²) in [6.07, 6.45) is 3.74. The molecule has 1 amide bonds. The number of carbonyl (C=O) groups excluding carboxylic acids is 1. The molecule has 1 atom stereocenters. The Morgan fingerprint density at radius 2 is 2.13 bits per heavy atom. The van der Waals surface area contributed by atoms with Gasteiger partial charge in [-0.2, -0.15) is 0 Å². The summed E-state index contributed by atoms with van der Waals surface area (Å²) in [7, 11) is 0. The van der Waals surface area contributed by atoms with Crippen LogP contribution in [-0.2, 0) is 4.79 Å². The van der Waals surface area contributed by atoms with Gasteiger partial charge in [-0.1, -0.05) is 24.4 Å². The van der Waals surface area contributed by atoms with E-state index in [1.165, 1.54) is 12.1 Å². The first-order chi connectivity index (χ1) is 11.0. The summed E-state index contributed by atoms with van der Waals surface area (Å²) in [5, 5.41) is 3.08. The lowest BCUT2D eigenvalue weighted by molar-refractivity contribution is -0.116. The second kappa shape index (κ2) is 6.68. The van der Waals surface area contributed by atoms with E-state index in [9.17, 15) is 9.18 Å². The fourth-order valence-electron chi connectivity index (χ4n) is 2.73. The van der Waals surface area contributed by atoms with Crippen LogP contribution in [0.25, 0.3) is 11.3 Å². The van der Waals surface area contributed by atoms with Crippen molar-refractivity contribution in [2.75, 3.05) is 5.32 Å². The lowest BCUT2D eigenvalue weighted by Gasteiger charge is -2.10. The van der Waals surface area contributed by atoms with Gasteiger partial charge in [0.05, 0.1) is 11.7 Å². The van der Waals surface area contributed by atoms with E-state index in [2.05, 4.69) is 15.3 Å². The van der Waals surface area contributed by atoms with E-state index < -0.39 is 5.82 Å². The monoisotopic (exact) mass is 336 g/mol. The van der Waals surface area contributed by atoms with Gasteiger partial charge in [0.25, 0.3) is 0 Å². The normalized spacial score (nSPS) is 19.1. The third-order valence-corrected chi connectivity index (χ3v) is 4.23. The van der Waals surface area contributed by atoms with Gasteiger partial charge in [-0.25, -0.2) is 9.37 Å². The summed E-state index contributed by atoms with van der Waals surface area (Å²) < 4.78 is 13.6. The van der Waals surface area contributed by atoms with Crippen LogP contribution in [0.15, 0.2) is 18.2 Å². The minimum atomic E-state index is -0.433. The molecule has 5 nitrogen and oxygen atoms in total. The van der Waals surface area contributed by atoms with Gasteiger partial charge in [0.1, 0.15) is 22.5 Å². The predicted octanol–water partition coefficient (Wildman–Crippen LogP) is 3.77. The minimum absolute atomic E-state index is 0.146. The molecular weight excluding hydrogens is 319 g/mol. The zero-order valence-corrected chi connectivity index (χ0v) is 13.3. The summed E-state index contributed by atoms with van der Waals surface area (Å²) in [6, 6.07) is 3.90. The zero-order valence-electron chi connectivity index (χ0n) is 12.5. The molecule has 2 aromatic rings. The number of anilines is 1. The largest absolute Gasteiger partial charge is 0.331 e. The Bertz CT molecular complexity index is 731. The van der Waals surface area contributed by atoms with Gasteiger partial charge in [0.15, 0.2) is 0 Å². The highest BCUT2D eigenvalue weighted by Gasteiger charge is 2.19. The fourth-order valence-corrected chi connectivity index (χ4v) is 2.97. The minimum Gasteiger partial charge on any atom is -0.331 e. The molecule has 122 valence electrons. The molecule has 4 N–H and O–H groups in total. The quantitative estimate of drug-likeness (QED) is 0.684. The number of amides is 1. The molecule has 1 aromatic carbocycles. The van der Waals surface area contributed by atoms with E-state index in [1.807, 2.05) is 0 Å². The number of rotatable bonds is 0. The standard InChI is InChI=1S/C16H18ClFN4O/c17-15-14-10-7-6-9(18)8-12(10)20-13(23)5-3-1-2-4-11(19)16(21-14)22-15/h6-8,11H,1-5,19H2,(H,20,23)(H,21,22)/t11-/m0/s1. The number of hydrogen-bond donors (Lipinski definition) is 3. The highest BCUT2D eigenvalue weighted by atomic mass is 35.5. The van der Waals surface area contributed by atoms with Crippen LogP contribution in [0.4, 0.5) is 10.1 Å².